The van der Waals surface area contributed by atoms with Gasteiger partial charge in [0.1, 0.15) is 0 Å². The highest BCUT2D eigenvalue weighted by atomic mass is 16.2. The summed E-state index contributed by atoms with van der Waals surface area (Å²) in [4.78, 5) is 25.8. The van der Waals surface area contributed by atoms with E-state index in [9.17, 15) is 9.59 Å². The van der Waals surface area contributed by atoms with Gasteiger partial charge in [-0.1, -0.05) is 54.6 Å². The van der Waals surface area contributed by atoms with Crippen molar-refractivity contribution in [1.82, 2.24) is 4.90 Å². The molecule has 4 rings (SSSR count). The molecule has 1 aliphatic heterocycles. The molecular formula is C19H15NO2. The second-order valence-electron chi connectivity index (χ2n) is 5.74. The fraction of sp³-hybridized carbons (Fsp3) is 0.158. The van der Waals surface area contributed by atoms with Crippen LogP contribution in [0.25, 0.3) is 0 Å². The Morgan fingerprint density at radius 2 is 1.45 bits per heavy atom. The number of hydrogen-bond acceptors (Lipinski definition) is 2. The van der Waals surface area contributed by atoms with Gasteiger partial charge >= 0.3 is 0 Å². The molecule has 1 heterocycles. The van der Waals surface area contributed by atoms with Gasteiger partial charge < -0.3 is 0 Å². The molecule has 2 aliphatic rings. The fourth-order valence-electron chi connectivity index (χ4n) is 3.58. The quantitative estimate of drug-likeness (QED) is 0.797. The molecular weight excluding hydrogens is 274 g/mol. The van der Waals surface area contributed by atoms with Crippen LogP contribution < -0.4 is 0 Å². The number of hydrogen-bond donors (Lipinski definition) is 0. The van der Waals surface area contributed by atoms with Gasteiger partial charge in [-0.3, -0.25) is 14.5 Å². The van der Waals surface area contributed by atoms with Gasteiger partial charge in [-0.2, -0.15) is 0 Å². The normalized spacial score (nSPS) is 23.2. The third-order valence-electron chi connectivity index (χ3n) is 4.54. The van der Waals surface area contributed by atoms with Gasteiger partial charge in [0.15, 0.2) is 0 Å². The summed E-state index contributed by atoms with van der Waals surface area (Å²) in [5.74, 6) is -0.313. The molecule has 0 unspecified atom stereocenters. The van der Waals surface area contributed by atoms with Gasteiger partial charge in [0.25, 0.3) is 11.8 Å². The molecule has 1 aliphatic carbocycles. The van der Waals surface area contributed by atoms with E-state index in [1.807, 2.05) is 36.4 Å². The maximum Gasteiger partial charge on any atom is 0.254 e. The predicted molar refractivity (Wildman–Crippen MR) is 83.1 cm³/mol. The van der Waals surface area contributed by atoms with Crippen molar-refractivity contribution >= 4 is 11.8 Å². The molecule has 0 bridgehead atoms. The van der Waals surface area contributed by atoms with Crippen LogP contribution in [0.2, 0.25) is 0 Å². The Morgan fingerprint density at radius 3 is 2.18 bits per heavy atom. The Morgan fingerprint density at radius 1 is 0.818 bits per heavy atom. The summed E-state index contributed by atoms with van der Waals surface area (Å²) in [5, 5.41) is 0. The van der Waals surface area contributed by atoms with Crippen molar-refractivity contribution in [2.24, 2.45) is 0 Å². The van der Waals surface area contributed by atoms with Gasteiger partial charge in [-0.15, -0.1) is 0 Å². The van der Waals surface area contributed by atoms with Crippen molar-refractivity contribution in [1.29, 1.82) is 0 Å². The third kappa shape index (κ3) is 1.90. The van der Waals surface area contributed by atoms with E-state index in [2.05, 4.69) is 18.2 Å². The van der Waals surface area contributed by atoms with E-state index in [1.54, 1.807) is 0 Å². The van der Waals surface area contributed by atoms with Crippen LogP contribution >= 0.6 is 0 Å². The zero-order chi connectivity index (χ0) is 15.1. The highest BCUT2D eigenvalue weighted by molar-refractivity contribution is 6.13. The largest absolute Gasteiger partial charge is 0.269 e. The van der Waals surface area contributed by atoms with E-state index in [1.165, 1.54) is 22.6 Å². The van der Waals surface area contributed by atoms with Crippen LogP contribution in [0, 0.1) is 0 Å². The van der Waals surface area contributed by atoms with E-state index in [4.69, 9.17) is 0 Å². The number of carbonyl (C=O) groups excluding carboxylic acids is 2. The number of fused-ring (bicyclic) bond motifs is 1. The van der Waals surface area contributed by atoms with Crippen LogP contribution in [-0.2, 0) is 16.0 Å². The SMILES string of the molecule is O=C1C=CC(=O)N1[C@@H]1c2ccccc2C[C@H]1c1ccccc1. The highest BCUT2D eigenvalue weighted by Crippen LogP contribution is 2.46. The van der Waals surface area contributed by atoms with Crippen LogP contribution in [0.5, 0.6) is 0 Å². The second kappa shape index (κ2) is 4.95. The van der Waals surface area contributed by atoms with Crippen LogP contribution in [0.1, 0.15) is 28.7 Å². The summed E-state index contributed by atoms with van der Waals surface area (Å²) >= 11 is 0. The maximum absolute atomic E-state index is 12.2. The molecule has 0 saturated carbocycles. The summed E-state index contributed by atoms with van der Waals surface area (Å²) in [5.41, 5.74) is 3.46. The van der Waals surface area contributed by atoms with Crippen molar-refractivity contribution in [3.8, 4) is 0 Å². The molecule has 2 amide bonds. The maximum atomic E-state index is 12.2. The molecule has 3 heteroatoms. The second-order valence-corrected chi connectivity index (χ2v) is 5.74. The third-order valence-corrected chi connectivity index (χ3v) is 4.54. The molecule has 108 valence electrons. The lowest BCUT2D eigenvalue weighted by Gasteiger charge is -2.29. The Kier molecular flexibility index (Phi) is 2.93. The molecule has 0 saturated heterocycles. The summed E-state index contributed by atoms with van der Waals surface area (Å²) in [6.07, 6.45) is 3.58. The smallest absolute Gasteiger partial charge is 0.254 e. The predicted octanol–water partition coefficient (Wildman–Crippen LogP) is 2.99. The lowest BCUT2D eigenvalue weighted by atomic mass is 9.91. The lowest BCUT2D eigenvalue weighted by Crippen LogP contribution is -2.36. The standard InChI is InChI=1S/C19H15NO2/c21-17-10-11-18(22)20(17)19-15-9-5-4-8-14(15)12-16(19)13-6-2-1-3-7-13/h1-11,16,19H,12H2/t16-,19+/m0/s1. The fourth-order valence-corrected chi connectivity index (χ4v) is 3.58. The van der Waals surface area contributed by atoms with Gasteiger partial charge in [0.2, 0.25) is 0 Å². The average Bonchev–Trinajstić information content (AvgIpc) is 3.08. The molecule has 0 spiro atoms. The molecule has 0 radical (unpaired) electrons. The zero-order valence-corrected chi connectivity index (χ0v) is 12.0. The molecule has 2 atom stereocenters. The molecule has 0 aromatic heterocycles. The summed E-state index contributed by atoms with van der Waals surface area (Å²) < 4.78 is 0. The average molecular weight is 289 g/mol. The number of amides is 2. The molecule has 2 aromatic rings. The van der Waals surface area contributed by atoms with E-state index in [0.29, 0.717) is 0 Å². The van der Waals surface area contributed by atoms with Gasteiger partial charge in [0, 0.05) is 18.1 Å². The van der Waals surface area contributed by atoms with Crippen LogP contribution in [0.4, 0.5) is 0 Å². The van der Waals surface area contributed by atoms with Gasteiger partial charge in [-0.05, 0) is 23.1 Å². The number of carbonyl (C=O) groups is 2. The van der Waals surface area contributed by atoms with Crippen LogP contribution in [-0.4, -0.2) is 16.7 Å². The number of benzene rings is 2. The van der Waals surface area contributed by atoms with E-state index >= 15 is 0 Å². The Labute approximate surface area is 128 Å². The molecule has 0 N–H and O–H groups in total. The minimum Gasteiger partial charge on any atom is -0.269 e. The Bertz CT molecular complexity index is 761. The summed E-state index contributed by atoms with van der Waals surface area (Å²) in [7, 11) is 0. The van der Waals surface area contributed by atoms with Crippen molar-refractivity contribution in [2.75, 3.05) is 0 Å². The summed E-state index contributed by atoms with van der Waals surface area (Å²) in [6, 6.07) is 18.0. The van der Waals surface area contributed by atoms with Gasteiger partial charge in [-0.25, -0.2) is 0 Å². The minimum atomic E-state index is -0.215. The van der Waals surface area contributed by atoms with Crippen LogP contribution in [0.3, 0.4) is 0 Å². The van der Waals surface area contributed by atoms with Crippen molar-refractivity contribution < 1.29 is 9.59 Å². The number of nitrogens with zero attached hydrogens (tertiary/aromatic N) is 1. The molecule has 2 aromatic carbocycles. The Hall–Kier alpha value is -2.68. The van der Waals surface area contributed by atoms with Crippen molar-refractivity contribution in [3.63, 3.8) is 0 Å². The van der Waals surface area contributed by atoms with Crippen molar-refractivity contribution in [3.05, 3.63) is 83.4 Å². The monoisotopic (exact) mass is 289 g/mol. The molecule has 3 nitrogen and oxygen atoms in total. The lowest BCUT2D eigenvalue weighted by molar-refractivity contribution is -0.140. The summed E-state index contributed by atoms with van der Waals surface area (Å²) in [6.45, 7) is 0. The first kappa shape index (κ1) is 13.0. The number of imide groups is 1. The van der Waals surface area contributed by atoms with Crippen LogP contribution in [0.15, 0.2) is 66.7 Å². The van der Waals surface area contributed by atoms with Gasteiger partial charge in [0.05, 0.1) is 6.04 Å². The first-order valence-electron chi connectivity index (χ1n) is 7.43. The molecule has 0 fully saturated rings. The minimum absolute atomic E-state index is 0.117. The Balaban J connectivity index is 1.83. The van der Waals surface area contributed by atoms with E-state index in [0.717, 1.165) is 17.5 Å². The molecule has 22 heavy (non-hydrogen) atoms. The number of rotatable bonds is 2. The topological polar surface area (TPSA) is 37.4 Å². The van der Waals surface area contributed by atoms with E-state index < -0.39 is 0 Å². The first-order valence-corrected chi connectivity index (χ1v) is 7.43. The first-order chi connectivity index (χ1) is 10.8. The zero-order valence-electron chi connectivity index (χ0n) is 12.0. The highest BCUT2D eigenvalue weighted by Gasteiger charge is 2.42. The van der Waals surface area contributed by atoms with E-state index in [-0.39, 0.29) is 23.8 Å². The van der Waals surface area contributed by atoms with Crippen molar-refractivity contribution in [2.45, 2.75) is 18.4 Å².